The molecule has 0 bridgehead atoms. The Hall–Kier alpha value is -1.99. The quantitative estimate of drug-likeness (QED) is 0.630. The number of carbonyl (C=O) groups is 2. The average molecular weight is 474 g/mol. The van der Waals surface area contributed by atoms with Crippen LogP contribution in [0.1, 0.15) is 64.9 Å². The Bertz CT molecular complexity index is 850. The molecule has 6 nitrogen and oxygen atoms in total. The molecule has 0 radical (unpaired) electrons. The summed E-state index contributed by atoms with van der Waals surface area (Å²) in [6.45, 7) is 10.4. The second-order valence-electron chi connectivity index (χ2n) is 11.4. The zero-order valence-corrected chi connectivity index (χ0v) is 21.0. The summed E-state index contributed by atoms with van der Waals surface area (Å²) in [4.78, 5) is 33.2. The van der Waals surface area contributed by atoms with E-state index < -0.39 is 6.04 Å². The molecule has 2 atom stereocenters. The van der Waals surface area contributed by atoms with Gasteiger partial charge >= 0.3 is 0 Å². The predicted molar refractivity (Wildman–Crippen MR) is 130 cm³/mol. The highest BCUT2D eigenvalue weighted by Crippen LogP contribution is 2.29. The minimum atomic E-state index is -0.469. The molecule has 0 N–H and O–H groups in total. The van der Waals surface area contributed by atoms with Gasteiger partial charge in [-0.05, 0) is 42.4 Å². The lowest BCUT2D eigenvalue weighted by Gasteiger charge is -2.37. The topological polar surface area (TPSA) is 53.1 Å². The Balaban J connectivity index is 1.41. The van der Waals surface area contributed by atoms with E-state index >= 15 is 0 Å². The van der Waals surface area contributed by atoms with E-state index in [1.165, 1.54) is 31.4 Å². The van der Waals surface area contributed by atoms with Crippen LogP contribution in [0.15, 0.2) is 24.3 Å². The molecule has 1 aromatic rings. The molecular formula is C27H40FN3O3. The van der Waals surface area contributed by atoms with E-state index in [4.69, 9.17) is 4.74 Å². The number of carbonyl (C=O) groups excluding carboxylic acids is 2. The van der Waals surface area contributed by atoms with Gasteiger partial charge in [0, 0.05) is 51.6 Å². The molecule has 0 aromatic heterocycles. The lowest BCUT2D eigenvalue weighted by atomic mass is 9.91. The molecule has 2 heterocycles. The lowest BCUT2D eigenvalue weighted by molar-refractivity contribution is -0.144. The fraction of sp³-hybridized carbons (Fsp3) is 0.704. The van der Waals surface area contributed by atoms with E-state index in [1.807, 2.05) is 25.7 Å². The first-order valence-electron chi connectivity index (χ1n) is 12.9. The summed E-state index contributed by atoms with van der Waals surface area (Å²) in [5, 5.41) is 0. The van der Waals surface area contributed by atoms with Crippen LogP contribution in [0.5, 0.6) is 0 Å². The Morgan fingerprint density at radius 2 is 1.76 bits per heavy atom. The molecular weight excluding hydrogens is 433 g/mol. The van der Waals surface area contributed by atoms with Crippen LogP contribution in [-0.4, -0.2) is 77.4 Å². The van der Waals surface area contributed by atoms with Gasteiger partial charge in [0.25, 0.3) is 0 Å². The Morgan fingerprint density at radius 1 is 1.03 bits per heavy atom. The van der Waals surface area contributed by atoms with Gasteiger partial charge in [-0.2, -0.15) is 0 Å². The fourth-order valence-corrected chi connectivity index (χ4v) is 5.26. The molecule has 3 aliphatic rings. The first kappa shape index (κ1) is 25.1. The van der Waals surface area contributed by atoms with Gasteiger partial charge in [0.2, 0.25) is 11.8 Å². The average Bonchev–Trinajstić information content (AvgIpc) is 3.03. The van der Waals surface area contributed by atoms with Gasteiger partial charge in [0.15, 0.2) is 0 Å². The van der Waals surface area contributed by atoms with Crippen molar-refractivity contribution in [2.75, 3.05) is 32.7 Å². The summed E-state index contributed by atoms with van der Waals surface area (Å²) in [7, 11) is 0. The second kappa shape index (κ2) is 10.7. The Labute approximate surface area is 203 Å². The van der Waals surface area contributed by atoms with E-state index in [0.717, 1.165) is 38.2 Å². The highest BCUT2D eigenvalue weighted by atomic mass is 19.1. The highest BCUT2D eigenvalue weighted by molar-refractivity contribution is 5.88. The van der Waals surface area contributed by atoms with Crippen molar-refractivity contribution in [2.45, 2.75) is 84.1 Å². The summed E-state index contributed by atoms with van der Waals surface area (Å²) < 4.78 is 19.3. The molecule has 1 aliphatic carbocycles. The summed E-state index contributed by atoms with van der Waals surface area (Å²) in [5.41, 5.74) is 0.733. The molecule has 7 heteroatoms. The summed E-state index contributed by atoms with van der Waals surface area (Å²) in [5.74, 6) is -0.196. The van der Waals surface area contributed by atoms with Crippen molar-refractivity contribution in [3.8, 4) is 0 Å². The normalized spacial score (nSPS) is 24.7. The largest absolute Gasteiger partial charge is 0.372 e. The predicted octanol–water partition coefficient (Wildman–Crippen LogP) is 3.83. The van der Waals surface area contributed by atoms with E-state index in [2.05, 4.69) is 4.90 Å². The zero-order chi connectivity index (χ0) is 24.3. The highest BCUT2D eigenvalue weighted by Gasteiger charge is 2.42. The molecule has 34 heavy (non-hydrogen) atoms. The van der Waals surface area contributed by atoms with Gasteiger partial charge in [-0.25, -0.2) is 4.39 Å². The van der Waals surface area contributed by atoms with Gasteiger partial charge in [0.05, 0.1) is 12.7 Å². The third-order valence-electron chi connectivity index (χ3n) is 7.38. The third kappa shape index (κ3) is 6.36. The number of halogens is 1. The smallest absolute Gasteiger partial charge is 0.245 e. The van der Waals surface area contributed by atoms with Crippen molar-refractivity contribution < 1.29 is 18.7 Å². The zero-order valence-electron chi connectivity index (χ0n) is 21.0. The molecule has 1 aromatic carbocycles. The minimum absolute atomic E-state index is 0.0182. The molecule has 2 aliphatic heterocycles. The maximum atomic E-state index is 13.7. The number of nitrogens with zero attached hydrogens (tertiary/aromatic N) is 3. The fourth-order valence-electron chi connectivity index (χ4n) is 5.26. The van der Waals surface area contributed by atoms with Gasteiger partial charge in [-0.3, -0.25) is 14.5 Å². The number of amides is 2. The third-order valence-corrected chi connectivity index (χ3v) is 7.38. The van der Waals surface area contributed by atoms with Crippen molar-refractivity contribution >= 4 is 11.8 Å². The van der Waals surface area contributed by atoms with Crippen molar-refractivity contribution in [3.05, 3.63) is 35.6 Å². The van der Waals surface area contributed by atoms with Crippen LogP contribution < -0.4 is 0 Å². The SMILES string of the molecule is CC(C)(C)CC(=O)N1C[C@H](OCc2ccc(F)cc2)C[C@@H]1C(=O)N1CCCN(C2CCC2)CC1. The standard InChI is InChI=1S/C27H40FN3O3/c1-27(2,3)17-25(32)31-18-23(34-19-20-8-10-21(28)11-9-20)16-24(31)26(33)30-13-5-12-29(14-15-30)22-6-4-7-22/h8-11,22-24H,4-7,12-19H2,1-3H3/t23-,24-/m1/s1. The van der Waals surface area contributed by atoms with Crippen LogP contribution in [0.2, 0.25) is 0 Å². The van der Waals surface area contributed by atoms with Crippen LogP contribution in [0.4, 0.5) is 4.39 Å². The summed E-state index contributed by atoms with van der Waals surface area (Å²) in [6, 6.07) is 6.48. The van der Waals surface area contributed by atoms with E-state index in [1.54, 1.807) is 17.0 Å². The lowest BCUT2D eigenvalue weighted by Crippen LogP contribution is -2.49. The van der Waals surface area contributed by atoms with Crippen LogP contribution in [-0.2, 0) is 20.9 Å². The van der Waals surface area contributed by atoms with Crippen molar-refractivity contribution in [1.29, 1.82) is 0 Å². The number of hydrogen-bond acceptors (Lipinski definition) is 4. The maximum absolute atomic E-state index is 13.7. The molecule has 0 unspecified atom stereocenters. The minimum Gasteiger partial charge on any atom is -0.372 e. The van der Waals surface area contributed by atoms with E-state index in [-0.39, 0.29) is 29.2 Å². The molecule has 2 amide bonds. The number of hydrogen-bond donors (Lipinski definition) is 0. The Kier molecular flexibility index (Phi) is 7.93. The number of ether oxygens (including phenoxy) is 1. The molecule has 4 rings (SSSR count). The van der Waals surface area contributed by atoms with Gasteiger partial charge in [-0.1, -0.05) is 39.3 Å². The monoisotopic (exact) mass is 473 g/mol. The van der Waals surface area contributed by atoms with Crippen molar-refractivity contribution in [2.24, 2.45) is 5.41 Å². The van der Waals surface area contributed by atoms with Crippen LogP contribution >= 0.6 is 0 Å². The first-order chi connectivity index (χ1) is 16.2. The molecule has 1 saturated carbocycles. The summed E-state index contributed by atoms with van der Waals surface area (Å²) in [6.07, 6.45) is 5.56. The number of likely N-dealkylation sites (tertiary alicyclic amines) is 1. The Morgan fingerprint density at radius 3 is 2.41 bits per heavy atom. The maximum Gasteiger partial charge on any atom is 0.245 e. The number of benzene rings is 1. The molecule has 2 saturated heterocycles. The second-order valence-corrected chi connectivity index (χ2v) is 11.4. The van der Waals surface area contributed by atoms with Gasteiger partial charge in [0.1, 0.15) is 11.9 Å². The molecule has 188 valence electrons. The molecule has 0 spiro atoms. The van der Waals surface area contributed by atoms with Crippen LogP contribution in [0, 0.1) is 11.2 Å². The number of rotatable bonds is 6. The van der Waals surface area contributed by atoms with E-state index in [9.17, 15) is 14.0 Å². The van der Waals surface area contributed by atoms with E-state index in [0.29, 0.717) is 32.0 Å². The first-order valence-corrected chi connectivity index (χ1v) is 12.9. The van der Waals surface area contributed by atoms with Crippen LogP contribution in [0.25, 0.3) is 0 Å². The molecule has 3 fully saturated rings. The summed E-state index contributed by atoms with van der Waals surface area (Å²) >= 11 is 0. The van der Waals surface area contributed by atoms with Crippen molar-refractivity contribution in [1.82, 2.24) is 14.7 Å². The van der Waals surface area contributed by atoms with Crippen LogP contribution in [0.3, 0.4) is 0 Å². The van der Waals surface area contributed by atoms with Gasteiger partial charge in [-0.15, -0.1) is 0 Å². The van der Waals surface area contributed by atoms with Crippen molar-refractivity contribution in [3.63, 3.8) is 0 Å². The van der Waals surface area contributed by atoms with Gasteiger partial charge < -0.3 is 14.5 Å².